The largest absolute Gasteiger partial charge is 0.387 e. The number of thiophene rings is 1. The predicted octanol–water partition coefficient (Wildman–Crippen LogP) is 2.93. The molecule has 1 amide bonds. The van der Waals surface area contributed by atoms with Crippen LogP contribution in [0.15, 0.2) is 41.2 Å². The molecule has 0 spiro atoms. The summed E-state index contributed by atoms with van der Waals surface area (Å²) in [6.45, 7) is 2.27. The lowest BCUT2D eigenvalue weighted by atomic mass is 10.1. The summed E-state index contributed by atoms with van der Waals surface area (Å²) in [6.07, 6.45) is 1.53. The number of rotatable bonds is 5. The Balaban J connectivity index is 1.61. The summed E-state index contributed by atoms with van der Waals surface area (Å²) in [7, 11) is 0. The molecule has 5 heteroatoms. The number of aliphatic hydroxyl groups is 1. The van der Waals surface area contributed by atoms with Gasteiger partial charge in [0.1, 0.15) is 0 Å². The van der Waals surface area contributed by atoms with E-state index in [4.69, 9.17) is 0 Å². The first-order valence-corrected chi connectivity index (χ1v) is 8.11. The number of carbonyl (C=O) groups is 1. The van der Waals surface area contributed by atoms with Crippen LogP contribution in [0.2, 0.25) is 0 Å². The molecule has 0 aliphatic heterocycles. The number of aromatic amines is 1. The minimum atomic E-state index is -0.652. The highest BCUT2D eigenvalue weighted by atomic mass is 32.1. The highest BCUT2D eigenvalue weighted by Crippen LogP contribution is 2.20. The number of H-pyrrole nitrogens is 1. The van der Waals surface area contributed by atoms with Crippen LogP contribution in [0.25, 0.3) is 10.9 Å². The second-order valence-corrected chi connectivity index (χ2v) is 6.20. The van der Waals surface area contributed by atoms with E-state index in [1.807, 2.05) is 42.1 Å². The molecule has 22 heavy (non-hydrogen) atoms. The SMILES string of the molecule is Cc1ccc2c(CC(=O)NCC(O)c3ccsc3)c[nH]c2c1. The third-order valence-electron chi connectivity index (χ3n) is 3.69. The zero-order valence-electron chi connectivity index (χ0n) is 12.3. The number of amides is 1. The van der Waals surface area contributed by atoms with Crippen LogP contribution in [0, 0.1) is 6.92 Å². The Kier molecular flexibility index (Phi) is 4.27. The van der Waals surface area contributed by atoms with Crippen LogP contribution in [0.1, 0.15) is 22.8 Å². The van der Waals surface area contributed by atoms with Gasteiger partial charge in [0.25, 0.3) is 0 Å². The molecule has 2 heterocycles. The molecule has 2 aromatic heterocycles. The topological polar surface area (TPSA) is 65.1 Å². The van der Waals surface area contributed by atoms with Crippen molar-refractivity contribution in [3.05, 3.63) is 57.9 Å². The van der Waals surface area contributed by atoms with E-state index < -0.39 is 6.10 Å². The molecule has 0 aliphatic rings. The lowest BCUT2D eigenvalue weighted by molar-refractivity contribution is -0.120. The van der Waals surface area contributed by atoms with Gasteiger partial charge in [-0.1, -0.05) is 12.1 Å². The minimum absolute atomic E-state index is 0.0873. The van der Waals surface area contributed by atoms with E-state index in [9.17, 15) is 9.90 Å². The predicted molar refractivity (Wildman–Crippen MR) is 89.0 cm³/mol. The number of carbonyl (C=O) groups excluding carboxylic acids is 1. The summed E-state index contributed by atoms with van der Waals surface area (Å²) in [6, 6.07) is 8.00. The normalized spacial score (nSPS) is 12.5. The van der Waals surface area contributed by atoms with E-state index in [1.165, 1.54) is 16.9 Å². The molecule has 0 saturated heterocycles. The molecule has 0 fully saturated rings. The van der Waals surface area contributed by atoms with E-state index in [2.05, 4.69) is 16.4 Å². The number of nitrogens with one attached hydrogen (secondary N) is 2. The van der Waals surface area contributed by atoms with Gasteiger partial charge in [-0.15, -0.1) is 0 Å². The van der Waals surface area contributed by atoms with Gasteiger partial charge in [-0.3, -0.25) is 4.79 Å². The Bertz CT molecular complexity index is 777. The zero-order valence-corrected chi connectivity index (χ0v) is 13.1. The zero-order chi connectivity index (χ0) is 15.5. The molecular weight excluding hydrogens is 296 g/mol. The van der Waals surface area contributed by atoms with E-state index in [0.29, 0.717) is 6.42 Å². The van der Waals surface area contributed by atoms with Crippen molar-refractivity contribution in [3.63, 3.8) is 0 Å². The van der Waals surface area contributed by atoms with Gasteiger partial charge in [0.2, 0.25) is 5.91 Å². The molecule has 0 radical (unpaired) electrons. The van der Waals surface area contributed by atoms with Gasteiger partial charge in [-0.2, -0.15) is 11.3 Å². The molecule has 4 nitrogen and oxygen atoms in total. The quantitative estimate of drug-likeness (QED) is 0.678. The Labute approximate surface area is 132 Å². The van der Waals surface area contributed by atoms with Crippen molar-refractivity contribution in [1.82, 2.24) is 10.3 Å². The van der Waals surface area contributed by atoms with Gasteiger partial charge in [0.05, 0.1) is 12.5 Å². The van der Waals surface area contributed by atoms with Gasteiger partial charge >= 0.3 is 0 Å². The van der Waals surface area contributed by atoms with Crippen molar-refractivity contribution in [2.24, 2.45) is 0 Å². The highest BCUT2D eigenvalue weighted by molar-refractivity contribution is 7.07. The molecule has 1 atom stereocenters. The fourth-order valence-corrected chi connectivity index (χ4v) is 3.18. The van der Waals surface area contributed by atoms with Crippen LogP contribution >= 0.6 is 11.3 Å². The summed E-state index contributed by atoms with van der Waals surface area (Å²) < 4.78 is 0. The molecule has 0 aliphatic carbocycles. The van der Waals surface area contributed by atoms with Crippen LogP contribution in [0.5, 0.6) is 0 Å². The third-order valence-corrected chi connectivity index (χ3v) is 4.40. The number of aliphatic hydroxyl groups excluding tert-OH is 1. The molecule has 1 aromatic carbocycles. The molecule has 3 aromatic rings. The smallest absolute Gasteiger partial charge is 0.224 e. The molecule has 0 bridgehead atoms. The van der Waals surface area contributed by atoms with E-state index in [0.717, 1.165) is 22.0 Å². The fraction of sp³-hybridized carbons (Fsp3) is 0.235. The van der Waals surface area contributed by atoms with E-state index in [1.54, 1.807) is 0 Å². The van der Waals surface area contributed by atoms with Crippen LogP contribution in [0.3, 0.4) is 0 Å². The second kappa shape index (κ2) is 6.34. The Hall–Kier alpha value is -2.11. The number of hydrogen-bond acceptors (Lipinski definition) is 3. The maximum absolute atomic E-state index is 12.1. The Morgan fingerprint density at radius 3 is 3.05 bits per heavy atom. The first-order valence-electron chi connectivity index (χ1n) is 7.17. The van der Waals surface area contributed by atoms with Gasteiger partial charge < -0.3 is 15.4 Å². The number of aromatic nitrogens is 1. The van der Waals surface area contributed by atoms with Crippen molar-refractivity contribution in [1.29, 1.82) is 0 Å². The van der Waals surface area contributed by atoms with Crippen molar-refractivity contribution in [2.45, 2.75) is 19.4 Å². The van der Waals surface area contributed by atoms with Crippen molar-refractivity contribution in [3.8, 4) is 0 Å². The summed E-state index contributed by atoms with van der Waals surface area (Å²) in [5.74, 6) is -0.0873. The summed E-state index contributed by atoms with van der Waals surface area (Å²) >= 11 is 1.53. The Morgan fingerprint density at radius 1 is 1.41 bits per heavy atom. The van der Waals surface area contributed by atoms with Crippen molar-refractivity contribution >= 4 is 28.1 Å². The van der Waals surface area contributed by atoms with Crippen LogP contribution < -0.4 is 5.32 Å². The lowest BCUT2D eigenvalue weighted by Crippen LogP contribution is -2.29. The number of fused-ring (bicyclic) bond motifs is 1. The van der Waals surface area contributed by atoms with Crippen LogP contribution in [-0.2, 0) is 11.2 Å². The fourth-order valence-electron chi connectivity index (χ4n) is 2.47. The molecular formula is C17H18N2O2S. The average molecular weight is 314 g/mol. The van der Waals surface area contributed by atoms with Gasteiger partial charge in [-0.05, 0) is 46.5 Å². The van der Waals surface area contributed by atoms with Crippen LogP contribution in [0.4, 0.5) is 0 Å². The maximum atomic E-state index is 12.1. The summed E-state index contributed by atoms with van der Waals surface area (Å²) in [4.78, 5) is 15.3. The summed E-state index contributed by atoms with van der Waals surface area (Å²) in [5, 5.41) is 17.6. The first kappa shape index (κ1) is 14.8. The maximum Gasteiger partial charge on any atom is 0.224 e. The molecule has 114 valence electrons. The standard InChI is InChI=1S/C17H18N2O2S/c1-11-2-3-14-13(8-18-15(14)6-11)7-17(21)19-9-16(20)12-4-5-22-10-12/h2-6,8,10,16,18,20H,7,9H2,1H3,(H,19,21). The Morgan fingerprint density at radius 2 is 2.27 bits per heavy atom. The average Bonchev–Trinajstić information content (AvgIpc) is 3.15. The van der Waals surface area contributed by atoms with Crippen LogP contribution in [-0.4, -0.2) is 22.5 Å². The third kappa shape index (κ3) is 3.21. The van der Waals surface area contributed by atoms with Gasteiger partial charge in [0, 0.05) is 23.6 Å². The van der Waals surface area contributed by atoms with E-state index in [-0.39, 0.29) is 12.5 Å². The van der Waals surface area contributed by atoms with Crippen molar-refractivity contribution < 1.29 is 9.90 Å². The lowest BCUT2D eigenvalue weighted by Gasteiger charge is -2.10. The molecule has 0 saturated carbocycles. The molecule has 1 unspecified atom stereocenters. The van der Waals surface area contributed by atoms with E-state index >= 15 is 0 Å². The number of aryl methyl sites for hydroxylation is 1. The number of hydrogen-bond donors (Lipinski definition) is 3. The highest BCUT2D eigenvalue weighted by Gasteiger charge is 2.12. The van der Waals surface area contributed by atoms with Gasteiger partial charge in [0.15, 0.2) is 0 Å². The molecule has 3 rings (SSSR count). The molecule has 3 N–H and O–H groups in total. The number of benzene rings is 1. The summed E-state index contributed by atoms with van der Waals surface area (Å²) in [5.41, 5.74) is 4.04. The minimum Gasteiger partial charge on any atom is -0.387 e. The second-order valence-electron chi connectivity index (χ2n) is 5.42. The monoisotopic (exact) mass is 314 g/mol. The first-order chi connectivity index (χ1) is 10.6. The van der Waals surface area contributed by atoms with Gasteiger partial charge in [-0.25, -0.2) is 0 Å². The van der Waals surface area contributed by atoms with Crippen molar-refractivity contribution in [2.75, 3.05) is 6.54 Å².